The van der Waals surface area contributed by atoms with Crippen LogP contribution < -0.4 is 2.81 Å². The van der Waals surface area contributed by atoms with Crippen molar-refractivity contribution in [2.24, 2.45) is 0 Å². The van der Waals surface area contributed by atoms with E-state index in [2.05, 4.69) is 43.0 Å². The normalized spacial score (nSPS) is 9.73. The maximum Gasteiger partial charge on any atom is -0.107 e. The van der Waals surface area contributed by atoms with Crippen molar-refractivity contribution in [1.29, 1.82) is 0 Å². The molecule has 0 aliphatic heterocycles. The van der Waals surface area contributed by atoms with Gasteiger partial charge < -0.3 is 0 Å². The Balaban J connectivity index is 0.00000112. The number of hydrogen-bond acceptors (Lipinski definition) is 0. The van der Waals surface area contributed by atoms with E-state index in [1.807, 2.05) is 6.08 Å². The van der Waals surface area contributed by atoms with Crippen LogP contribution in [0.25, 0.3) is 10.8 Å². The summed E-state index contributed by atoms with van der Waals surface area (Å²) in [6.45, 7) is 3.79. The van der Waals surface area contributed by atoms with Gasteiger partial charge >= 0.3 is 103 Å². The number of fused-ring (bicyclic) bond motifs is 1. The SMILES string of the molecule is C=CCc1ccc2ccccc2[c]1[Na].I. The van der Waals surface area contributed by atoms with Crippen LogP contribution in [0.3, 0.4) is 0 Å². The van der Waals surface area contributed by atoms with E-state index in [0.29, 0.717) is 0 Å². The molecule has 0 aliphatic rings. The van der Waals surface area contributed by atoms with Gasteiger partial charge in [-0.05, 0) is 0 Å². The molecule has 72 valence electrons. The minimum atomic E-state index is 0. The zero-order chi connectivity index (χ0) is 9.97. The molecule has 2 aromatic carbocycles. The minimum Gasteiger partial charge on any atom is -0.107 e. The van der Waals surface area contributed by atoms with E-state index in [4.69, 9.17) is 0 Å². The van der Waals surface area contributed by atoms with Crippen LogP contribution in [0.1, 0.15) is 5.56 Å². The van der Waals surface area contributed by atoms with E-state index in [9.17, 15) is 0 Å². The van der Waals surface area contributed by atoms with Gasteiger partial charge in [-0.3, -0.25) is 0 Å². The smallest absolute Gasteiger partial charge is 0.107 e. The van der Waals surface area contributed by atoms with Gasteiger partial charge in [0.2, 0.25) is 0 Å². The van der Waals surface area contributed by atoms with Crippen LogP contribution in [0.2, 0.25) is 0 Å². The Morgan fingerprint density at radius 1 is 1.13 bits per heavy atom. The Morgan fingerprint density at radius 3 is 2.60 bits per heavy atom. The molecule has 2 aromatic rings. The summed E-state index contributed by atoms with van der Waals surface area (Å²) in [5, 5.41) is 2.77. The van der Waals surface area contributed by atoms with Crippen LogP contribution >= 0.6 is 24.0 Å². The third-order valence-corrected chi connectivity index (χ3v) is 3.86. The van der Waals surface area contributed by atoms with Crippen molar-refractivity contribution in [3.05, 3.63) is 54.6 Å². The predicted molar refractivity (Wildman–Crippen MR) is 78.7 cm³/mol. The molecule has 0 saturated heterocycles. The third kappa shape index (κ3) is 2.84. The first-order valence-corrected chi connectivity index (χ1v) is 5.91. The first-order valence-electron chi connectivity index (χ1n) is 4.91. The predicted octanol–water partition coefficient (Wildman–Crippen LogP) is 2.98. The Hall–Kier alpha value is 0.170. The first-order chi connectivity index (χ1) is 6.83. The molecule has 0 N–H and O–H groups in total. The molecule has 0 saturated carbocycles. The summed E-state index contributed by atoms with van der Waals surface area (Å²) in [6, 6.07) is 13.0. The van der Waals surface area contributed by atoms with Crippen molar-refractivity contribution >= 4 is 65.5 Å². The molecular formula is C13H12INa. The second-order valence-corrected chi connectivity index (χ2v) is 4.56. The number of rotatable bonds is 2. The van der Waals surface area contributed by atoms with Gasteiger partial charge in [-0.1, -0.05) is 0 Å². The van der Waals surface area contributed by atoms with Gasteiger partial charge in [0.1, 0.15) is 0 Å². The second kappa shape index (κ2) is 6.04. The average molecular weight is 318 g/mol. The molecule has 0 atom stereocenters. The fraction of sp³-hybridized carbons (Fsp3) is 0.0769. The molecule has 2 rings (SSSR count). The quantitative estimate of drug-likeness (QED) is 0.454. The van der Waals surface area contributed by atoms with Crippen molar-refractivity contribution in [3.8, 4) is 0 Å². The van der Waals surface area contributed by atoms with E-state index < -0.39 is 0 Å². The number of benzene rings is 2. The fourth-order valence-corrected chi connectivity index (χ4v) is 2.67. The molecule has 0 spiro atoms. The molecule has 0 heterocycles. The van der Waals surface area contributed by atoms with Crippen molar-refractivity contribution in [1.82, 2.24) is 0 Å². The monoisotopic (exact) mass is 318 g/mol. The first kappa shape index (κ1) is 13.2. The third-order valence-electron chi connectivity index (χ3n) is 2.67. The summed E-state index contributed by atoms with van der Waals surface area (Å²) in [6.07, 6.45) is 2.97. The van der Waals surface area contributed by atoms with E-state index in [1.54, 1.807) is 0 Å². The molecule has 0 fully saturated rings. The fourth-order valence-electron chi connectivity index (χ4n) is 1.85. The molecule has 0 radical (unpaired) electrons. The Kier molecular flexibility index (Phi) is 5.33. The summed E-state index contributed by atoms with van der Waals surface area (Å²) in [5.41, 5.74) is 1.44. The minimum absolute atomic E-state index is 0. The van der Waals surface area contributed by atoms with E-state index in [0.717, 1.165) is 34.4 Å². The summed E-state index contributed by atoms with van der Waals surface area (Å²) < 4.78 is 1.52. The molecule has 0 unspecified atom stereocenters. The maximum absolute atomic E-state index is 3.79. The van der Waals surface area contributed by atoms with Crippen LogP contribution in [0, 0.1) is 0 Å². The van der Waals surface area contributed by atoms with Crippen LogP contribution in [-0.2, 0) is 6.42 Å². The van der Waals surface area contributed by atoms with E-state index >= 15 is 0 Å². The molecule has 0 bridgehead atoms. The van der Waals surface area contributed by atoms with Gasteiger partial charge in [0.15, 0.2) is 0 Å². The zero-order valence-corrected chi connectivity index (χ0v) is 13.2. The van der Waals surface area contributed by atoms with Crippen molar-refractivity contribution in [3.63, 3.8) is 0 Å². The van der Waals surface area contributed by atoms with Crippen molar-refractivity contribution in [2.75, 3.05) is 0 Å². The topological polar surface area (TPSA) is 0 Å². The maximum atomic E-state index is 3.79. The van der Waals surface area contributed by atoms with E-state index in [-0.39, 0.29) is 24.0 Å². The van der Waals surface area contributed by atoms with Crippen LogP contribution in [0.4, 0.5) is 0 Å². The molecule has 0 aliphatic carbocycles. The van der Waals surface area contributed by atoms with Gasteiger partial charge in [0, 0.05) is 0 Å². The second-order valence-electron chi connectivity index (χ2n) is 3.56. The Labute approximate surface area is 125 Å². The van der Waals surface area contributed by atoms with Crippen molar-refractivity contribution < 1.29 is 0 Å². The van der Waals surface area contributed by atoms with Gasteiger partial charge in [0.05, 0.1) is 0 Å². The average Bonchev–Trinajstić information content (AvgIpc) is 2.23. The number of halogens is 1. The summed E-state index contributed by atoms with van der Waals surface area (Å²) >= 11 is 1.11. The molecular weight excluding hydrogens is 306 g/mol. The summed E-state index contributed by atoms with van der Waals surface area (Å²) in [4.78, 5) is 0. The Morgan fingerprint density at radius 2 is 1.87 bits per heavy atom. The van der Waals surface area contributed by atoms with Gasteiger partial charge in [-0.2, -0.15) is 0 Å². The van der Waals surface area contributed by atoms with Crippen LogP contribution in [-0.4, -0.2) is 27.9 Å². The number of hydrogen-bond donors (Lipinski definition) is 0. The van der Waals surface area contributed by atoms with Crippen LogP contribution in [0.5, 0.6) is 0 Å². The molecule has 15 heavy (non-hydrogen) atoms. The largest absolute Gasteiger partial charge is 0.107 e. The van der Waals surface area contributed by atoms with Gasteiger partial charge in [-0.15, -0.1) is 24.0 Å². The summed E-state index contributed by atoms with van der Waals surface area (Å²) in [5.74, 6) is 0. The van der Waals surface area contributed by atoms with Gasteiger partial charge in [-0.25, -0.2) is 0 Å². The molecule has 0 amide bonds. The molecule has 2 heteroatoms. The standard InChI is InChI=1S/C13H11.HI.Na/c1-2-5-11-8-9-12-6-3-4-7-13(12)10-11;;/h2-4,6-9H,1,5H2;1H;. The van der Waals surface area contributed by atoms with Crippen LogP contribution in [0.15, 0.2) is 49.1 Å². The Bertz CT molecular complexity index is 477. The van der Waals surface area contributed by atoms with Crippen molar-refractivity contribution in [2.45, 2.75) is 6.42 Å². The zero-order valence-electron chi connectivity index (χ0n) is 8.86. The molecule has 0 aromatic heterocycles. The number of allylic oxidation sites excluding steroid dienone is 1. The van der Waals surface area contributed by atoms with E-state index in [1.165, 1.54) is 19.1 Å². The summed E-state index contributed by atoms with van der Waals surface area (Å²) in [7, 11) is 0. The molecule has 0 nitrogen and oxygen atoms in total. The van der Waals surface area contributed by atoms with Gasteiger partial charge in [0.25, 0.3) is 0 Å².